The molecule has 0 bridgehead atoms. The number of phenolic OH excluding ortho intramolecular Hbond substituents is 1. The summed E-state index contributed by atoms with van der Waals surface area (Å²) in [4.78, 5) is 67.2. The lowest BCUT2D eigenvalue weighted by atomic mass is 9.58. The van der Waals surface area contributed by atoms with E-state index >= 15 is 0 Å². The quantitative estimate of drug-likeness (QED) is 0.217. The van der Waals surface area contributed by atoms with E-state index in [4.69, 9.17) is 23.7 Å². The molecule has 2 heterocycles. The molecule has 2 saturated heterocycles. The van der Waals surface area contributed by atoms with Crippen molar-refractivity contribution in [2.45, 2.75) is 120 Å². The Hall–Kier alpha value is -3.87. The Morgan fingerprint density at radius 2 is 1.59 bits per heavy atom. The molecule has 276 valence electrons. The minimum absolute atomic E-state index is 0.0142. The molecule has 16 heteroatoms. The molecule has 5 aliphatic rings. The summed E-state index contributed by atoms with van der Waals surface area (Å²) < 4.78 is 28.8. The second-order valence-corrected chi connectivity index (χ2v) is 14.1. The van der Waals surface area contributed by atoms with Crippen LogP contribution in [0, 0.1) is 6.92 Å². The Kier molecular flexibility index (Phi) is 8.96. The first kappa shape index (κ1) is 36.9. The first-order chi connectivity index (χ1) is 23.7. The van der Waals surface area contributed by atoms with E-state index in [9.17, 15) is 54.6 Å². The van der Waals surface area contributed by atoms with Crippen LogP contribution in [0.5, 0.6) is 5.75 Å². The number of phenols is 1. The van der Waals surface area contributed by atoms with Crippen LogP contribution in [0.4, 0.5) is 0 Å². The Labute approximate surface area is 291 Å². The smallest absolute Gasteiger partial charge is 0.228 e. The van der Waals surface area contributed by atoms with Gasteiger partial charge >= 0.3 is 0 Å². The first-order valence-electron chi connectivity index (χ1n) is 16.4. The summed E-state index contributed by atoms with van der Waals surface area (Å²) in [6, 6.07) is 0. The number of carbonyl (C=O) groups is 5. The van der Waals surface area contributed by atoms with E-state index < -0.39 is 123 Å². The van der Waals surface area contributed by atoms with Gasteiger partial charge in [-0.05, 0) is 52.2 Å². The molecule has 1 aromatic rings. The number of ether oxygens (including phenoxy) is 5. The molecular weight excluding hydrogens is 676 g/mol. The standard InChI is InChI=1S/C35H40O16/c1-12-16-10-34(45)32(51-20-8-7-18(14(3)48-20)50-21-11-33(5,44)29(41)15(4)49-21)28(40)23(13(2)36)30(42)35(34,46)31(43)24(16)27(39)25-17(37)9-19(47-6)26(38)22(12)25/h9,14-15,18,20-21,29,32,39,41-42,44-46H,7-8,10-11H2,1-6H3/t14?,15?,18?,20?,21?,29?,32?,33-,34-,35+/m1/s1. The summed E-state index contributed by atoms with van der Waals surface area (Å²) in [5.41, 5.74) is -10.9. The van der Waals surface area contributed by atoms with Crippen molar-refractivity contribution in [3.63, 3.8) is 0 Å². The molecule has 0 radical (unpaired) electrons. The average molecular weight is 717 g/mol. The third-order valence-corrected chi connectivity index (χ3v) is 10.7. The van der Waals surface area contributed by atoms with Crippen molar-refractivity contribution in [2.24, 2.45) is 0 Å². The molecule has 0 spiro atoms. The molecule has 0 saturated carbocycles. The topological polar surface area (TPSA) is 253 Å². The molecule has 10 atom stereocenters. The van der Waals surface area contributed by atoms with Crippen LogP contribution in [0.2, 0.25) is 0 Å². The van der Waals surface area contributed by atoms with Crippen molar-refractivity contribution < 1.29 is 78.3 Å². The van der Waals surface area contributed by atoms with Gasteiger partial charge in [0.05, 0.1) is 42.1 Å². The molecule has 2 fully saturated rings. The highest BCUT2D eigenvalue weighted by molar-refractivity contribution is 6.28. The van der Waals surface area contributed by atoms with Crippen molar-refractivity contribution in [2.75, 3.05) is 7.11 Å². The van der Waals surface area contributed by atoms with Crippen LogP contribution in [-0.2, 0) is 39.7 Å². The summed E-state index contributed by atoms with van der Waals surface area (Å²) >= 11 is 0. The Balaban J connectivity index is 1.36. The average Bonchev–Trinajstić information content (AvgIpc) is 3.04. The number of aliphatic hydroxyl groups excluding tert-OH is 2. The van der Waals surface area contributed by atoms with Gasteiger partial charge < -0.3 is 54.3 Å². The summed E-state index contributed by atoms with van der Waals surface area (Å²) in [7, 11) is 1.15. The van der Waals surface area contributed by atoms with Crippen molar-refractivity contribution in [1.29, 1.82) is 0 Å². The Morgan fingerprint density at radius 1 is 0.941 bits per heavy atom. The van der Waals surface area contributed by atoms with Crippen LogP contribution < -0.4 is 0 Å². The van der Waals surface area contributed by atoms with E-state index in [2.05, 4.69) is 0 Å². The normalized spacial score (nSPS) is 38.2. The molecule has 6 N–H and O–H groups in total. The van der Waals surface area contributed by atoms with Crippen LogP contribution in [0.25, 0.3) is 0 Å². The number of aromatic hydroxyl groups is 1. The summed E-state index contributed by atoms with van der Waals surface area (Å²) in [5.74, 6) is -8.43. The lowest BCUT2D eigenvalue weighted by Gasteiger charge is -2.52. The third kappa shape index (κ3) is 5.31. The lowest BCUT2D eigenvalue weighted by molar-refractivity contribution is -0.315. The zero-order chi connectivity index (χ0) is 37.7. The highest BCUT2D eigenvalue weighted by Crippen LogP contribution is 2.52. The number of hydrogen-bond acceptors (Lipinski definition) is 16. The maximum Gasteiger partial charge on any atom is 0.228 e. The van der Waals surface area contributed by atoms with E-state index in [-0.39, 0.29) is 41.7 Å². The fourth-order valence-electron chi connectivity index (χ4n) is 7.92. The second kappa shape index (κ2) is 12.4. The first-order valence-corrected chi connectivity index (χ1v) is 16.4. The number of aliphatic hydroxyl groups is 5. The fourth-order valence-corrected chi connectivity index (χ4v) is 7.92. The molecule has 6 rings (SSSR count). The van der Waals surface area contributed by atoms with E-state index in [0.717, 1.165) is 20.1 Å². The fraction of sp³-hybridized carbons (Fsp3) is 0.571. The van der Waals surface area contributed by atoms with Crippen LogP contribution in [0.3, 0.4) is 0 Å². The number of rotatable bonds is 6. The van der Waals surface area contributed by atoms with Gasteiger partial charge in [-0.25, -0.2) is 0 Å². The van der Waals surface area contributed by atoms with Crippen molar-refractivity contribution in [1.82, 2.24) is 0 Å². The van der Waals surface area contributed by atoms with E-state index in [1.165, 1.54) is 13.8 Å². The number of ketones is 5. The number of benzene rings is 1. The van der Waals surface area contributed by atoms with Gasteiger partial charge in [0, 0.05) is 30.9 Å². The third-order valence-electron chi connectivity index (χ3n) is 10.7. The number of methoxy groups -OCH3 is 1. The molecule has 2 aliphatic heterocycles. The molecule has 51 heavy (non-hydrogen) atoms. The number of allylic oxidation sites excluding steroid dienone is 2. The van der Waals surface area contributed by atoms with Gasteiger partial charge in [-0.2, -0.15) is 0 Å². The number of Topliss-reactive ketones (excluding diaryl/α,β-unsaturated/α-hetero) is 4. The van der Waals surface area contributed by atoms with E-state index in [0.29, 0.717) is 0 Å². The summed E-state index contributed by atoms with van der Waals surface area (Å²) in [6.07, 6.45) is -7.53. The van der Waals surface area contributed by atoms with Gasteiger partial charge in [-0.3, -0.25) is 24.0 Å². The predicted molar refractivity (Wildman–Crippen MR) is 169 cm³/mol. The van der Waals surface area contributed by atoms with E-state index in [1.54, 1.807) is 13.8 Å². The SMILES string of the molecule is COC1=CC(=O)c2c(O)c3c(c(C)c2C1=O)C[C@@]1(O)C(OC2CCC(OC4C[C@@](C)(O)C(O)C(C)O4)C(C)O2)C(=O)C(C(C)=O)=C(O)[C@]1(O)C3=O. The van der Waals surface area contributed by atoms with Crippen molar-refractivity contribution in [3.8, 4) is 5.75 Å². The molecule has 3 aliphatic carbocycles. The Morgan fingerprint density at radius 3 is 2.18 bits per heavy atom. The molecule has 0 amide bonds. The molecule has 0 aromatic heterocycles. The largest absolute Gasteiger partial charge is 0.508 e. The summed E-state index contributed by atoms with van der Waals surface area (Å²) in [5, 5.41) is 67.8. The minimum atomic E-state index is -3.45. The van der Waals surface area contributed by atoms with Gasteiger partial charge in [0.15, 0.2) is 36.0 Å². The lowest BCUT2D eigenvalue weighted by Crippen LogP contribution is -2.74. The van der Waals surface area contributed by atoms with E-state index in [1.807, 2.05) is 0 Å². The van der Waals surface area contributed by atoms with Crippen molar-refractivity contribution in [3.05, 3.63) is 51.0 Å². The predicted octanol–water partition coefficient (Wildman–Crippen LogP) is 0.337. The van der Waals surface area contributed by atoms with Crippen LogP contribution in [0.15, 0.2) is 23.2 Å². The molecule has 1 aromatic carbocycles. The second-order valence-electron chi connectivity index (χ2n) is 14.1. The van der Waals surface area contributed by atoms with Gasteiger partial charge in [0.2, 0.25) is 23.0 Å². The van der Waals surface area contributed by atoms with Gasteiger partial charge in [-0.1, -0.05) is 0 Å². The monoisotopic (exact) mass is 716 g/mol. The van der Waals surface area contributed by atoms with Gasteiger partial charge in [0.1, 0.15) is 28.8 Å². The number of fused-ring (bicyclic) bond motifs is 3. The molecule has 16 nitrogen and oxygen atoms in total. The number of carbonyl (C=O) groups excluding carboxylic acids is 5. The highest BCUT2D eigenvalue weighted by Gasteiger charge is 2.71. The zero-order valence-corrected chi connectivity index (χ0v) is 28.7. The highest BCUT2D eigenvalue weighted by atomic mass is 16.7. The van der Waals surface area contributed by atoms with Crippen LogP contribution in [-0.4, -0.2) is 127 Å². The van der Waals surface area contributed by atoms with Gasteiger partial charge in [0.25, 0.3) is 0 Å². The maximum absolute atomic E-state index is 14.3. The van der Waals surface area contributed by atoms with Crippen LogP contribution in [0.1, 0.15) is 89.2 Å². The maximum atomic E-state index is 14.3. The zero-order valence-electron chi connectivity index (χ0n) is 28.7. The molecular formula is C35H40O16. The van der Waals surface area contributed by atoms with Crippen LogP contribution >= 0.6 is 0 Å². The van der Waals surface area contributed by atoms with Gasteiger partial charge in [-0.15, -0.1) is 0 Å². The Bertz CT molecular complexity index is 1820. The molecule has 7 unspecified atom stereocenters. The number of hydrogen-bond donors (Lipinski definition) is 6. The summed E-state index contributed by atoms with van der Waals surface area (Å²) in [6.45, 7) is 6.90. The van der Waals surface area contributed by atoms with Crippen molar-refractivity contribution >= 4 is 28.9 Å². The minimum Gasteiger partial charge on any atom is -0.508 e.